The van der Waals surface area contributed by atoms with Crippen LogP contribution in [0.4, 0.5) is 0 Å². The average Bonchev–Trinajstić information content (AvgIpc) is 2.36. The van der Waals surface area contributed by atoms with Crippen LogP contribution in [-0.2, 0) is 0 Å². The molecular formula is C16H24ClNO. The van der Waals surface area contributed by atoms with Crippen molar-refractivity contribution >= 4 is 11.6 Å². The molecule has 3 heteroatoms. The zero-order chi connectivity index (χ0) is 13.8. The molecule has 2 rings (SSSR count). The molecule has 106 valence electrons. The largest absolute Gasteiger partial charge is 0.489 e. The zero-order valence-corrected chi connectivity index (χ0v) is 12.8. The Labute approximate surface area is 121 Å². The van der Waals surface area contributed by atoms with Gasteiger partial charge in [0, 0.05) is 11.1 Å². The Bertz CT molecular complexity index is 392. The Morgan fingerprint density at radius 1 is 1.21 bits per heavy atom. The van der Waals surface area contributed by atoms with Crippen molar-refractivity contribution in [3.8, 4) is 5.75 Å². The second-order valence-corrected chi connectivity index (χ2v) is 6.19. The van der Waals surface area contributed by atoms with Gasteiger partial charge < -0.3 is 10.1 Å². The van der Waals surface area contributed by atoms with E-state index >= 15 is 0 Å². The molecule has 1 saturated carbocycles. The van der Waals surface area contributed by atoms with Gasteiger partial charge in [-0.3, -0.25) is 0 Å². The summed E-state index contributed by atoms with van der Waals surface area (Å²) in [5.74, 6) is 2.26. The standard InChI is InChI=1S/C16H24ClNO/c1-4-18-15-10-11(2)9-12(3)16(15)19-14-7-5-13(17)6-8-14/h5-8,11-12,15-16,18H,4,9-10H2,1-3H3. The van der Waals surface area contributed by atoms with Gasteiger partial charge >= 0.3 is 0 Å². The van der Waals surface area contributed by atoms with Gasteiger partial charge in [-0.25, -0.2) is 0 Å². The lowest BCUT2D eigenvalue weighted by atomic mass is 9.78. The SMILES string of the molecule is CCNC1CC(C)CC(C)C1Oc1ccc(Cl)cc1. The molecule has 0 bridgehead atoms. The van der Waals surface area contributed by atoms with E-state index < -0.39 is 0 Å². The molecule has 4 atom stereocenters. The van der Waals surface area contributed by atoms with Gasteiger partial charge in [-0.2, -0.15) is 0 Å². The minimum Gasteiger partial charge on any atom is -0.489 e. The Hall–Kier alpha value is -0.730. The predicted octanol–water partition coefficient (Wildman–Crippen LogP) is 4.13. The molecule has 0 radical (unpaired) electrons. The van der Waals surface area contributed by atoms with Crippen LogP contribution in [0.15, 0.2) is 24.3 Å². The molecule has 0 heterocycles. The van der Waals surface area contributed by atoms with E-state index in [2.05, 4.69) is 26.1 Å². The summed E-state index contributed by atoms with van der Waals surface area (Å²) in [6.45, 7) is 7.77. The number of nitrogens with one attached hydrogen (secondary N) is 1. The summed E-state index contributed by atoms with van der Waals surface area (Å²) in [7, 11) is 0. The monoisotopic (exact) mass is 281 g/mol. The van der Waals surface area contributed by atoms with Crippen molar-refractivity contribution in [1.82, 2.24) is 5.32 Å². The van der Waals surface area contributed by atoms with Crippen LogP contribution >= 0.6 is 11.6 Å². The molecule has 0 aliphatic heterocycles. The molecule has 0 aromatic heterocycles. The summed E-state index contributed by atoms with van der Waals surface area (Å²) in [5.41, 5.74) is 0. The summed E-state index contributed by atoms with van der Waals surface area (Å²) in [4.78, 5) is 0. The summed E-state index contributed by atoms with van der Waals surface area (Å²) < 4.78 is 6.21. The Balaban J connectivity index is 2.08. The fourth-order valence-electron chi connectivity index (χ4n) is 3.16. The van der Waals surface area contributed by atoms with E-state index in [1.165, 1.54) is 12.8 Å². The molecule has 19 heavy (non-hydrogen) atoms. The Morgan fingerprint density at radius 2 is 1.89 bits per heavy atom. The third-order valence-electron chi connectivity index (χ3n) is 3.94. The van der Waals surface area contributed by atoms with Crippen molar-refractivity contribution in [3.63, 3.8) is 0 Å². The van der Waals surface area contributed by atoms with Gasteiger partial charge in [-0.05, 0) is 55.5 Å². The third-order valence-corrected chi connectivity index (χ3v) is 4.19. The highest BCUT2D eigenvalue weighted by Gasteiger charge is 2.35. The molecule has 0 amide bonds. The molecule has 1 aromatic carbocycles. The topological polar surface area (TPSA) is 21.3 Å². The second kappa shape index (κ2) is 6.62. The van der Waals surface area contributed by atoms with Gasteiger partial charge in [0.25, 0.3) is 0 Å². The van der Waals surface area contributed by atoms with Crippen LogP contribution in [0.25, 0.3) is 0 Å². The first-order chi connectivity index (χ1) is 9.10. The van der Waals surface area contributed by atoms with Crippen LogP contribution < -0.4 is 10.1 Å². The molecule has 1 aliphatic rings. The van der Waals surface area contributed by atoms with Crippen LogP contribution in [0.2, 0.25) is 5.02 Å². The van der Waals surface area contributed by atoms with Gasteiger partial charge in [0.1, 0.15) is 11.9 Å². The summed E-state index contributed by atoms with van der Waals surface area (Å²) in [6.07, 6.45) is 2.67. The van der Waals surface area contributed by atoms with Crippen LogP contribution in [0.1, 0.15) is 33.6 Å². The highest BCUT2D eigenvalue weighted by Crippen LogP contribution is 2.32. The predicted molar refractivity (Wildman–Crippen MR) is 80.9 cm³/mol. The van der Waals surface area contributed by atoms with Gasteiger partial charge in [-0.15, -0.1) is 0 Å². The molecule has 1 N–H and O–H groups in total. The summed E-state index contributed by atoms with van der Waals surface area (Å²) in [6, 6.07) is 8.12. The maximum absolute atomic E-state index is 6.21. The molecular weight excluding hydrogens is 258 g/mol. The average molecular weight is 282 g/mol. The minimum atomic E-state index is 0.248. The van der Waals surface area contributed by atoms with Crippen LogP contribution in [0.3, 0.4) is 0 Å². The number of rotatable bonds is 4. The maximum atomic E-state index is 6.21. The molecule has 2 nitrogen and oxygen atoms in total. The van der Waals surface area contributed by atoms with E-state index in [0.717, 1.165) is 23.2 Å². The van der Waals surface area contributed by atoms with Crippen molar-refractivity contribution in [2.24, 2.45) is 11.8 Å². The number of hydrogen-bond acceptors (Lipinski definition) is 2. The Kier molecular flexibility index (Phi) is 5.12. The van der Waals surface area contributed by atoms with E-state index in [0.29, 0.717) is 12.0 Å². The lowest BCUT2D eigenvalue weighted by Crippen LogP contribution is -2.50. The smallest absolute Gasteiger partial charge is 0.119 e. The number of likely N-dealkylation sites (N-methyl/N-ethyl adjacent to an activating group) is 1. The number of hydrogen-bond donors (Lipinski definition) is 1. The van der Waals surface area contributed by atoms with Crippen LogP contribution in [0.5, 0.6) is 5.75 Å². The van der Waals surface area contributed by atoms with E-state index in [9.17, 15) is 0 Å². The van der Waals surface area contributed by atoms with E-state index in [1.807, 2.05) is 24.3 Å². The van der Waals surface area contributed by atoms with Crippen LogP contribution in [-0.4, -0.2) is 18.7 Å². The first-order valence-corrected chi connectivity index (χ1v) is 7.63. The van der Waals surface area contributed by atoms with Gasteiger partial charge in [0.05, 0.1) is 0 Å². The first kappa shape index (κ1) is 14.7. The lowest BCUT2D eigenvalue weighted by Gasteiger charge is -2.40. The first-order valence-electron chi connectivity index (χ1n) is 7.25. The number of ether oxygens (including phenoxy) is 1. The molecule has 1 aliphatic carbocycles. The highest BCUT2D eigenvalue weighted by atomic mass is 35.5. The molecule has 1 aromatic rings. The second-order valence-electron chi connectivity index (χ2n) is 5.75. The fourth-order valence-corrected chi connectivity index (χ4v) is 3.29. The summed E-state index contributed by atoms with van der Waals surface area (Å²) in [5, 5.41) is 4.33. The number of benzene rings is 1. The van der Waals surface area contributed by atoms with E-state index in [-0.39, 0.29) is 6.10 Å². The van der Waals surface area contributed by atoms with E-state index in [1.54, 1.807) is 0 Å². The van der Waals surface area contributed by atoms with Crippen molar-refractivity contribution in [2.45, 2.75) is 45.8 Å². The van der Waals surface area contributed by atoms with Gasteiger partial charge in [-0.1, -0.05) is 32.4 Å². The van der Waals surface area contributed by atoms with Crippen LogP contribution in [0, 0.1) is 11.8 Å². The van der Waals surface area contributed by atoms with Gasteiger partial charge in [0.15, 0.2) is 0 Å². The molecule has 0 spiro atoms. The fraction of sp³-hybridized carbons (Fsp3) is 0.625. The molecule has 0 saturated heterocycles. The lowest BCUT2D eigenvalue weighted by molar-refractivity contribution is 0.0483. The maximum Gasteiger partial charge on any atom is 0.119 e. The Morgan fingerprint density at radius 3 is 2.53 bits per heavy atom. The normalized spacial score (nSPS) is 31.2. The van der Waals surface area contributed by atoms with E-state index in [4.69, 9.17) is 16.3 Å². The van der Waals surface area contributed by atoms with Crippen molar-refractivity contribution in [2.75, 3.05) is 6.54 Å². The molecule has 4 unspecified atom stereocenters. The van der Waals surface area contributed by atoms with Crippen molar-refractivity contribution in [3.05, 3.63) is 29.3 Å². The van der Waals surface area contributed by atoms with Gasteiger partial charge in [0.2, 0.25) is 0 Å². The molecule has 1 fully saturated rings. The summed E-state index contributed by atoms with van der Waals surface area (Å²) >= 11 is 5.91. The van der Waals surface area contributed by atoms with Crippen molar-refractivity contribution in [1.29, 1.82) is 0 Å². The highest BCUT2D eigenvalue weighted by molar-refractivity contribution is 6.30. The van der Waals surface area contributed by atoms with Crippen molar-refractivity contribution < 1.29 is 4.74 Å². The quantitative estimate of drug-likeness (QED) is 0.896. The number of halogens is 1. The zero-order valence-electron chi connectivity index (χ0n) is 12.0. The third kappa shape index (κ3) is 3.87. The minimum absolute atomic E-state index is 0.248.